The summed E-state index contributed by atoms with van der Waals surface area (Å²) < 4.78 is 4.45. The smallest absolute Gasteiger partial charge is 0.225 e. The van der Waals surface area contributed by atoms with E-state index in [2.05, 4.69) is 77.5 Å². The van der Waals surface area contributed by atoms with Crippen LogP contribution in [0.5, 0.6) is 0 Å². The Kier molecular flexibility index (Phi) is 2.69. The van der Waals surface area contributed by atoms with Gasteiger partial charge in [0.25, 0.3) is 5.65 Å². The third kappa shape index (κ3) is 1.66. The fraction of sp³-hybridized carbons (Fsp3) is 0.0909. The molecule has 0 N–H and O–H groups in total. The van der Waals surface area contributed by atoms with E-state index < -0.39 is 0 Å². The van der Waals surface area contributed by atoms with E-state index in [-0.39, 0.29) is 0 Å². The van der Waals surface area contributed by atoms with Gasteiger partial charge in [0.05, 0.1) is 12.4 Å². The maximum atomic E-state index is 9.67. The van der Waals surface area contributed by atoms with Crippen LogP contribution in [0.3, 0.4) is 0 Å². The lowest BCUT2D eigenvalue weighted by molar-refractivity contribution is -0.617. The molecule has 2 aromatic heterocycles. The minimum atomic E-state index is 0.700. The van der Waals surface area contributed by atoms with Crippen molar-refractivity contribution in [1.82, 2.24) is 4.40 Å². The molecule has 0 unspecified atom stereocenters. The zero-order valence-electron chi connectivity index (χ0n) is 14.1. The van der Waals surface area contributed by atoms with Crippen LogP contribution in [-0.2, 0) is 7.05 Å². The standard InChI is InChI=1S/C22H16N3/c1-14-7-5-10-17-16-9-3-4-11-18(16)25-21-15(13-23)8-6-12-19(21)24(2)22(25)20(14)17/h3-12H,1-2H3/q+1. The van der Waals surface area contributed by atoms with Crippen LogP contribution in [0.25, 0.3) is 38.4 Å². The van der Waals surface area contributed by atoms with Crippen LogP contribution < -0.4 is 4.57 Å². The highest BCUT2D eigenvalue weighted by Gasteiger charge is 2.25. The number of pyridine rings is 1. The van der Waals surface area contributed by atoms with E-state index in [4.69, 9.17) is 0 Å². The normalized spacial score (nSPS) is 11.6. The highest BCUT2D eigenvalue weighted by molar-refractivity contribution is 6.13. The topological polar surface area (TPSA) is 32.1 Å². The zero-order chi connectivity index (χ0) is 17.1. The maximum absolute atomic E-state index is 9.67. The second kappa shape index (κ2) is 4.81. The van der Waals surface area contributed by atoms with Gasteiger partial charge in [0.15, 0.2) is 11.0 Å². The van der Waals surface area contributed by atoms with Gasteiger partial charge < -0.3 is 0 Å². The van der Waals surface area contributed by atoms with Crippen molar-refractivity contribution < 1.29 is 4.57 Å². The molecule has 0 aliphatic heterocycles. The fourth-order valence-electron chi connectivity index (χ4n) is 4.10. The van der Waals surface area contributed by atoms with Gasteiger partial charge in [-0.05, 0) is 30.7 Å². The Labute approximate surface area is 145 Å². The molecule has 118 valence electrons. The van der Waals surface area contributed by atoms with Crippen LogP contribution in [-0.4, -0.2) is 4.40 Å². The summed E-state index contributed by atoms with van der Waals surface area (Å²) in [5.74, 6) is 0. The van der Waals surface area contributed by atoms with E-state index in [1.165, 1.54) is 21.7 Å². The molecule has 0 saturated carbocycles. The number of rotatable bonds is 0. The van der Waals surface area contributed by atoms with E-state index in [1.54, 1.807) is 0 Å². The number of nitrogens with zero attached hydrogens (tertiary/aromatic N) is 3. The SMILES string of the molecule is Cc1cccc2c3ccccc3n3c4c(C#N)cccc4[n+](C)c3c12. The lowest BCUT2D eigenvalue weighted by atomic mass is 10.0. The summed E-state index contributed by atoms with van der Waals surface area (Å²) in [5.41, 5.74) is 6.24. The number of imidazole rings is 1. The first-order valence-corrected chi connectivity index (χ1v) is 8.35. The molecule has 0 spiro atoms. The molecule has 0 amide bonds. The third-order valence-electron chi connectivity index (χ3n) is 5.18. The molecule has 3 nitrogen and oxygen atoms in total. The van der Waals surface area contributed by atoms with Crippen LogP contribution >= 0.6 is 0 Å². The minimum Gasteiger partial charge on any atom is -0.225 e. The molecular weight excluding hydrogens is 306 g/mol. The summed E-state index contributed by atoms with van der Waals surface area (Å²) in [7, 11) is 2.08. The third-order valence-corrected chi connectivity index (χ3v) is 5.18. The summed E-state index contributed by atoms with van der Waals surface area (Å²) in [4.78, 5) is 0. The first-order valence-electron chi connectivity index (χ1n) is 8.35. The molecule has 0 saturated heterocycles. The molecule has 2 heterocycles. The second-order valence-corrected chi connectivity index (χ2v) is 6.52. The van der Waals surface area contributed by atoms with Crippen molar-refractivity contribution in [1.29, 1.82) is 5.26 Å². The van der Waals surface area contributed by atoms with Gasteiger partial charge in [-0.3, -0.25) is 0 Å². The second-order valence-electron chi connectivity index (χ2n) is 6.52. The van der Waals surface area contributed by atoms with Gasteiger partial charge in [-0.25, -0.2) is 4.57 Å². The number of para-hydroxylation sites is 2. The molecule has 0 fully saturated rings. The Hall–Kier alpha value is -3.38. The predicted octanol–water partition coefficient (Wildman–Crippen LogP) is 4.40. The molecule has 3 heteroatoms. The van der Waals surface area contributed by atoms with Crippen molar-refractivity contribution in [2.45, 2.75) is 6.92 Å². The Balaban J connectivity index is 2.30. The first kappa shape index (κ1) is 14.0. The van der Waals surface area contributed by atoms with Gasteiger partial charge in [-0.2, -0.15) is 9.66 Å². The van der Waals surface area contributed by atoms with Gasteiger partial charge >= 0.3 is 0 Å². The van der Waals surface area contributed by atoms with Crippen LogP contribution in [0.4, 0.5) is 0 Å². The molecule has 0 aliphatic carbocycles. The van der Waals surface area contributed by atoms with Crippen LogP contribution in [0.15, 0.2) is 60.7 Å². The molecule has 0 bridgehead atoms. The minimum absolute atomic E-state index is 0.700. The van der Waals surface area contributed by atoms with Crippen LogP contribution in [0.2, 0.25) is 0 Å². The number of aromatic nitrogens is 2. The fourth-order valence-corrected chi connectivity index (χ4v) is 4.10. The summed E-state index contributed by atoms with van der Waals surface area (Å²) in [5, 5.41) is 13.4. The van der Waals surface area contributed by atoms with Crippen molar-refractivity contribution in [2.24, 2.45) is 7.05 Å². The maximum Gasteiger partial charge on any atom is 0.295 e. The highest BCUT2D eigenvalue weighted by Crippen LogP contribution is 2.33. The lowest BCUT2D eigenvalue weighted by Gasteiger charge is -2.06. The molecular formula is C22H16N3+. The molecule has 25 heavy (non-hydrogen) atoms. The van der Waals surface area contributed by atoms with E-state index in [9.17, 15) is 5.26 Å². The number of hydrogen-bond acceptors (Lipinski definition) is 1. The van der Waals surface area contributed by atoms with Gasteiger partial charge in [0, 0.05) is 10.8 Å². The van der Waals surface area contributed by atoms with Crippen molar-refractivity contribution in [3.63, 3.8) is 0 Å². The van der Waals surface area contributed by atoms with E-state index in [1.807, 2.05) is 12.1 Å². The Morgan fingerprint density at radius 3 is 2.52 bits per heavy atom. The van der Waals surface area contributed by atoms with E-state index >= 15 is 0 Å². The zero-order valence-corrected chi connectivity index (χ0v) is 14.1. The largest absolute Gasteiger partial charge is 0.295 e. The Bertz CT molecular complexity index is 1370. The molecule has 0 atom stereocenters. The Morgan fingerprint density at radius 2 is 1.68 bits per heavy atom. The molecule has 0 aliphatic rings. The molecule has 5 rings (SSSR count). The molecule has 0 radical (unpaired) electrons. The average Bonchev–Trinajstić information content (AvgIpc) is 2.95. The van der Waals surface area contributed by atoms with Crippen LogP contribution in [0, 0.1) is 18.3 Å². The number of aryl methyl sites for hydroxylation is 2. The summed E-state index contributed by atoms with van der Waals surface area (Å²) in [6.07, 6.45) is 0. The number of nitriles is 1. The van der Waals surface area contributed by atoms with Crippen molar-refractivity contribution in [3.8, 4) is 6.07 Å². The summed E-state index contributed by atoms with van der Waals surface area (Å²) >= 11 is 0. The summed E-state index contributed by atoms with van der Waals surface area (Å²) in [6, 6.07) is 23.2. The van der Waals surface area contributed by atoms with Gasteiger partial charge in [0.1, 0.15) is 17.1 Å². The van der Waals surface area contributed by atoms with Gasteiger partial charge in [-0.15, -0.1) is 0 Å². The molecule has 5 aromatic rings. The summed E-state index contributed by atoms with van der Waals surface area (Å²) in [6.45, 7) is 2.15. The highest BCUT2D eigenvalue weighted by atomic mass is 15.1. The number of benzene rings is 3. The quantitative estimate of drug-likeness (QED) is 0.307. The number of hydrogen-bond donors (Lipinski definition) is 0. The molecule has 3 aromatic carbocycles. The van der Waals surface area contributed by atoms with E-state index in [0.29, 0.717) is 5.56 Å². The van der Waals surface area contributed by atoms with E-state index in [0.717, 1.165) is 22.2 Å². The van der Waals surface area contributed by atoms with Crippen molar-refractivity contribution in [2.75, 3.05) is 0 Å². The Morgan fingerprint density at radius 1 is 0.920 bits per heavy atom. The monoisotopic (exact) mass is 322 g/mol. The average molecular weight is 322 g/mol. The number of fused-ring (bicyclic) bond motifs is 8. The van der Waals surface area contributed by atoms with Gasteiger partial charge in [0.2, 0.25) is 0 Å². The van der Waals surface area contributed by atoms with Crippen LogP contribution in [0.1, 0.15) is 11.1 Å². The lowest BCUT2D eigenvalue weighted by Crippen LogP contribution is -2.27. The van der Waals surface area contributed by atoms with Crippen molar-refractivity contribution in [3.05, 3.63) is 71.8 Å². The first-order chi connectivity index (χ1) is 12.2. The van der Waals surface area contributed by atoms with Crippen molar-refractivity contribution >= 4 is 38.4 Å². The van der Waals surface area contributed by atoms with Gasteiger partial charge in [-0.1, -0.05) is 42.5 Å². The predicted molar refractivity (Wildman–Crippen MR) is 101 cm³/mol.